The minimum Gasteiger partial charge on any atom is -0.497 e. The van der Waals surface area contributed by atoms with Crippen molar-refractivity contribution in [3.63, 3.8) is 0 Å². The topological polar surface area (TPSA) is 65.4 Å². The van der Waals surface area contributed by atoms with Crippen molar-refractivity contribution < 1.29 is 14.3 Å². The lowest BCUT2D eigenvalue weighted by Gasteiger charge is -2.14. The van der Waals surface area contributed by atoms with E-state index in [4.69, 9.17) is 9.47 Å². The summed E-state index contributed by atoms with van der Waals surface area (Å²) in [5.41, 5.74) is 0.859. The number of carbonyl (C=O) groups excluding carboxylic acids is 1. The fourth-order valence-electron chi connectivity index (χ4n) is 1.98. The maximum Gasteiger partial charge on any atom is 0.244 e. The summed E-state index contributed by atoms with van der Waals surface area (Å²) in [7, 11) is 3.20. The number of ether oxygens (including phenoxy) is 2. The summed E-state index contributed by atoms with van der Waals surface area (Å²) >= 11 is 0. The number of carbonyl (C=O) groups is 1. The minimum absolute atomic E-state index is 0.108. The summed E-state index contributed by atoms with van der Waals surface area (Å²) in [4.78, 5) is 12.1. The molecule has 0 aliphatic carbocycles. The van der Waals surface area contributed by atoms with Crippen LogP contribution in [0.25, 0.3) is 0 Å². The first kappa shape index (κ1) is 14.9. The molecule has 0 unspecified atom stereocenters. The van der Waals surface area contributed by atoms with Crippen LogP contribution in [0.2, 0.25) is 0 Å². The quantitative estimate of drug-likeness (QED) is 0.880. The van der Waals surface area contributed by atoms with Gasteiger partial charge < -0.3 is 14.8 Å². The Hall–Kier alpha value is -2.50. The van der Waals surface area contributed by atoms with Crippen LogP contribution in [0.4, 0.5) is 0 Å². The van der Waals surface area contributed by atoms with E-state index in [2.05, 4.69) is 10.4 Å². The van der Waals surface area contributed by atoms with E-state index < -0.39 is 0 Å². The molecular formula is C15H19N3O3. The van der Waals surface area contributed by atoms with E-state index in [-0.39, 0.29) is 11.9 Å². The van der Waals surface area contributed by atoms with Crippen LogP contribution in [0.1, 0.15) is 18.5 Å². The molecule has 1 N–H and O–H groups in total. The number of nitrogens with zero attached hydrogens (tertiary/aromatic N) is 2. The van der Waals surface area contributed by atoms with Crippen molar-refractivity contribution in [3.8, 4) is 11.5 Å². The van der Waals surface area contributed by atoms with E-state index in [1.807, 2.05) is 18.2 Å². The Morgan fingerprint density at radius 1 is 1.38 bits per heavy atom. The molecule has 0 aliphatic heterocycles. The minimum atomic E-state index is -0.364. The number of rotatable bonds is 6. The molecule has 112 valence electrons. The van der Waals surface area contributed by atoms with Crippen molar-refractivity contribution in [1.82, 2.24) is 15.1 Å². The molecule has 6 heteroatoms. The monoisotopic (exact) mass is 289 g/mol. The van der Waals surface area contributed by atoms with Crippen LogP contribution in [0, 0.1) is 0 Å². The van der Waals surface area contributed by atoms with Gasteiger partial charge in [0.2, 0.25) is 5.91 Å². The third kappa shape index (κ3) is 3.53. The van der Waals surface area contributed by atoms with Gasteiger partial charge in [0, 0.05) is 24.5 Å². The Balaban J connectivity index is 2.03. The molecule has 6 nitrogen and oxygen atoms in total. The molecule has 21 heavy (non-hydrogen) atoms. The van der Waals surface area contributed by atoms with Gasteiger partial charge in [-0.15, -0.1) is 0 Å². The molecule has 1 aromatic heterocycles. The van der Waals surface area contributed by atoms with Gasteiger partial charge in [-0.05, 0) is 31.2 Å². The molecule has 1 atom stereocenters. The first-order chi connectivity index (χ1) is 10.2. The van der Waals surface area contributed by atoms with Crippen LogP contribution < -0.4 is 14.8 Å². The molecular weight excluding hydrogens is 270 g/mol. The number of nitrogens with one attached hydrogen (secondary N) is 1. The van der Waals surface area contributed by atoms with Gasteiger partial charge in [0.1, 0.15) is 17.5 Å². The average molecular weight is 289 g/mol. The Labute approximate surface area is 123 Å². The van der Waals surface area contributed by atoms with E-state index in [9.17, 15) is 4.79 Å². The lowest BCUT2D eigenvalue weighted by Crippen LogP contribution is -2.30. The Kier molecular flexibility index (Phi) is 4.81. The van der Waals surface area contributed by atoms with Crippen molar-refractivity contribution in [2.75, 3.05) is 14.2 Å². The molecule has 0 bridgehead atoms. The molecule has 2 rings (SSSR count). The Morgan fingerprint density at radius 2 is 2.19 bits per heavy atom. The SMILES string of the molecule is COc1ccc(OC)c(CNC(=O)[C@H](C)n2cccn2)c1. The highest BCUT2D eigenvalue weighted by Crippen LogP contribution is 2.23. The van der Waals surface area contributed by atoms with E-state index in [0.717, 1.165) is 11.3 Å². The van der Waals surface area contributed by atoms with Crippen LogP contribution in [0.15, 0.2) is 36.7 Å². The second kappa shape index (κ2) is 6.78. The highest BCUT2D eigenvalue weighted by Gasteiger charge is 2.15. The first-order valence-corrected chi connectivity index (χ1v) is 6.63. The zero-order chi connectivity index (χ0) is 15.2. The summed E-state index contributed by atoms with van der Waals surface area (Å²) in [5, 5.41) is 6.94. The fraction of sp³-hybridized carbons (Fsp3) is 0.333. The summed E-state index contributed by atoms with van der Waals surface area (Å²) < 4.78 is 12.1. The normalized spacial score (nSPS) is 11.8. The number of amides is 1. The molecule has 0 saturated heterocycles. The standard InChI is InChI=1S/C15H19N3O3/c1-11(18-8-4-7-17-18)15(19)16-10-12-9-13(20-2)5-6-14(12)21-3/h4-9,11H,10H2,1-3H3,(H,16,19)/t11-/m0/s1. The molecule has 0 spiro atoms. The van der Waals surface area contributed by atoms with Gasteiger partial charge in [-0.25, -0.2) is 0 Å². The smallest absolute Gasteiger partial charge is 0.244 e. The van der Waals surface area contributed by atoms with Gasteiger partial charge in [-0.2, -0.15) is 5.10 Å². The van der Waals surface area contributed by atoms with Gasteiger partial charge in [0.15, 0.2) is 0 Å². The molecule has 0 radical (unpaired) electrons. The van der Waals surface area contributed by atoms with Gasteiger partial charge in [-0.1, -0.05) is 0 Å². The van der Waals surface area contributed by atoms with Gasteiger partial charge in [0.05, 0.1) is 14.2 Å². The first-order valence-electron chi connectivity index (χ1n) is 6.63. The van der Waals surface area contributed by atoms with Crippen LogP contribution in [0.5, 0.6) is 11.5 Å². The van der Waals surface area contributed by atoms with Gasteiger partial charge in [-0.3, -0.25) is 9.48 Å². The van der Waals surface area contributed by atoms with Gasteiger partial charge in [0.25, 0.3) is 0 Å². The van der Waals surface area contributed by atoms with Crippen LogP contribution in [-0.2, 0) is 11.3 Å². The van der Waals surface area contributed by atoms with E-state index in [1.54, 1.807) is 44.3 Å². The third-order valence-corrected chi connectivity index (χ3v) is 3.24. The lowest BCUT2D eigenvalue weighted by molar-refractivity contribution is -0.124. The van der Waals surface area contributed by atoms with Crippen molar-refractivity contribution in [1.29, 1.82) is 0 Å². The zero-order valence-corrected chi connectivity index (χ0v) is 12.4. The van der Waals surface area contributed by atoms with Crippen LogP contribution >= 0.6 is 0 Å². The second-order valence-corrected chi connectivity index (χ2v) is 4.56. The van der Waals surface area contributed by atoms with Crippen LogP contribution in [-0.4, -0.2) is 29.9 Å². The number of aromatic nitrogens is 2. The predicted molar refractivity (Wildman–Crippen MR) is 78.3 cm³/mol. The predicted octanol–water partition coefficient (Wildman–Crippen LogP) is 1.78. The highest BCUT2D eigenvalue weighted by molar-refractivity contribution is 5.79. The summed E-state index contributed by atoms with van der Waals surface area (Å²) in [6, 6.07) is 6.90. The Bertz CT molecular complexity index is 596. The maximum absolute atomic E-state index is 12.1. The van der Waals surface area contributed by atoms with E-state index in [1.165, 1.54) is 0 Å². The summed E-state index contributed by atoms with van der Waals surface area (Å²) in [6.07, 6.45) is 3.41. The lowest BCUT2D eigenvalue weighted by atomic mass is 10.2. The summed E-state index contributed by atoms with van der Waals surface area (Å²) in [6.45, 7) is 2.16. The molecule has 0 saturated carbocycles. The third-order valence-electron chi connectivity index (χ3n) is 3.24. The summed E-state index contributed by atoms with van der Waals surface area (Å²) in [5.74, 6) is 1.33. The molecule has 0 aliphatic rings. The zero-order valence-electron chi connectivity index (χ0n) is 12.4. The highest BCUT2D eigenvalue weighted by atomic mass is 16.5. The number of benzene rings is 1. The van der Waals surface area contributed by atoms with Crippen molar-refractivity contribution in [2.45, 2.75) is 19.5 Å². The molecule has 0 fully saturated rings. The molecule has 1 amide bonds. The number of hydrogen-bond acceptors (Lipinski definition) is 4. The molecule has 2 aromatic rings. The van der Waals surface area contributed by atoms with E-state index >= 15 is 0 Å². The number of methoxy groups -OCH3 is 2. The van der Waals surface area contributed by atoms with Crippen LogP contribution in [0.3, 0.4) is 0 Å². The van der Waals surface area contributed by atoms with Crippen molar-refractivity contribution in [3.05, 3.63) is 42.2 Å². The van der Waals surface area contributed by atoms with Gasteiger partial charge >= 0.3 is 0 Å². The van der Waals surface area contributed by atoms with Crippen molar-refractivity contribution in [2.24, 2.45) is 0 Å². The maximum atomic E-state index is 12.1. The largest absolute Gasteiger partial charge is 0.497 e. The Morgan fingerprint density at radius 3 is 2.81 bits per heavy atom. The fourth-order valence-corrected chi connectivity index (χ4v) is 1.98. The van der Waals surface area contributed by atoms with Crippen molar-refractivity contribution >= 4 is 5.91 Å². The van der Waals surface area contributed by atoms with E-state index in [0.29, 0.717) is 12.3 Å². The number of hydrogen-bond donors (Lipinski definition) is 1. The molecule has 1 heterocycles. The second-order valence-electron chi connectivity index (χ2n) is 4.56. The average Bonchev–Trinajstić information content (AvgIpc) is 3.05. The molecule has 1 aromatic carbocycles.